The van der Waals surface area contributed by atoms with E-state index in [-0.39, 0.29) is 44.0 Å². The van der Waals surface area contributed by atoms with E-state index in [2.05, 4.69) is 15.6 Å². The summed E-state index contributed by atoms with van der Waals surface area (Å²) >= 11 is 7.37. The fourth-order valence-corrected chi connectivity index (χ4v) is 4.26. The summed E-state index contributed by atoms with van der Waals surface area (Å²) in [5, 5.41) is 8.03. The van der Waals surface area contributed by atoms with Crippen LogP contribution in [0.4, 0.5) is 5.13 Å². The number of carbonyl (C=O) groups is 3. The van der Waals surface area contributed by atoms with Crippen LogP contribution in [0.1, 0.15) is 34.6 Å². The zero-order chi connectivity index (χ0) is 25.2. The third kappa shape index (κ3) is 7.88. The maximum atomic E-state index is 12.9. The van der Waals surface area contributed by atoms with Gasteiger partial charge in [0, 0.05) is 19.0 Å². The molecule has 2 N–H and O–H groups in total. The smallest absolute Gasteiger partial charge is 0.255 e. The number of carbonyl (C=O) groups excluding carboxylic acids is 3. The van der Waals surface area contributed by atoms with Crippen molar-refractivity contribution in [2.75, 3.05) is 32.1 Å². The molecule has 0 aliphatic rings. The summed E-state index contributed by atoms with van der Waals surface area (Å²) < 4.78 is 5.08. The van der Waals surface area contributed by atoms with Crippen LogP contribution < -0.4 is 10.6 Å². The SMILES string of the molecule is COCCN(CC(=O)Nc1nc(CC(=O)NC(C)c2ccccc2)cs1)C(=O)c1ccccc1Cl. The average Bonchev–Trinajstić information content (AvgIpc) is 3.28. The molecule has 8 nitrogen and oxygen atoms in total. The maximum absolute atomic E-state index is 12.9. The van der Waals surface area contributed by atoms with Crippen molar-refractivity contribution < 1.29 is 19.1 Å². The highest BCUT2D eigenvalue weighted by Crippen LogP contribution is 2.19. The van der Waals surface area contributed by atoms with Gasteiger partial charge in [-0.25, -0.2) is 4.98 Å². The van der Waals surface area contributed by atoms with Crippen molar-refractivity contribution in [2.45, 2.75) is 19.4 Å². The van der Waals surface area contributed by atoms with Gasteiger partial charge in [-0.3, -0.25) is 14.4 Å². The van der Waals surface area contributed by atoms with Crippen LogP contribution in [0.3, 0.4) is 0 Å². The number of anilines is 1. The van der Waals surface area contributed by atoms with Crippen molar-refractivity contribution in [2.24, 2.45) is 0 Å². The molecular weight excluding hydrogens is 488 g/mol. The van der Waals surface area contributed by atoms with Crippen molar-refractivity contribution in [3.05, 3.63) is 81.8 Å². The molecule has 0 spiro atoms. The Hall–Kier alpha value is -3.27. The van der Waals surface area contributed by atoms with E-state index < -0.39 is 5.91 Å². The molecule has 1 atom stereocenters. The second kappa shape index (κ2) is 13.0. The Balaban J connectivity index is 1.56. The molecule has 0 saturated heterocycles. The highest BCUT2D eigenvalue weighted by molar-refractivity contribution is 7.13. The number of methoxy groups -OCH3 is 1. The van der Waals surface area contributed by atoms with Gasteiger partial charge in [0.15, 0.2) is 5.13 Å². The number of aromatic nitrogens is 1. The summed E-state index contributed by atoms with van der Waals surface area (Å²) in [4.78, 5) is 43.7. The molecule has 0 aliphatic heterocycles. The van der Waals surface area contributed by atoms with Crippen molar-refractivity contribution in [3.63, 3.8) is 0 Å². The lowest BCUT2D eigenvalue weighted by Crippen LogP contribution is -2.40. The number of rotatable bonds is 11. The van der Waals surface area contributed by atoms with Gasteiger partial charge in [0.2, 0.25) is 11.8 Å². The Morgan fingerprint density at radius 2 is 1.80 bits per heavy atom. The Morgan fingerprint density at radius 3 is 2.51 bits per heavy atom. The summed E-state index contributed by atoms with van der Waals surface area (Å²) in [6.07, 6.45) is 0.0918. The first-order chi connectivity index (χ1) is 16.9. The van der Waals surface area contributed by atoms with Crippen LogP contribution in [0.5, 0.6) is 0 Å². The molecule has 0 saturated carbocycles. The van der Waals surface area contributed by atoms with Crippen molar-refractivity contribution >= 4 is 45.8 Å². The zero-order valence-corrected chi connectivity index (χ0v) is 21.1. The summed E-state index contributed by atoms with van der Waals surface area (Å²) in [5.74, 6) is -0.947. The molecule has 1 aromatic heterocycles. The van der Waals surface area contributed by atoms with Gasteiger partial charge in [-0.2, -0.15) is 0 Å². The van der Waals surface area contributed by atoms with Gasteiger partial charge in [-0.1, -0.05) is 54.1 Å². The normalized spacial score (nSPS) is 11.5. The first kappa shape index (κ1) is 26.3. The summed E-state index contributed by atoms with van der Waals surface area (Å²) in [6.45, 7) is 2.20. The molecule has 1 unspecified atom stereocenters. The van der Waals surface area contributed by atoms with E-state index in [4.69, 9.17) is 16.3 Å². The van der Waals surface area contributed by atoms with E-state index >= 15 is 0 Å². The van der Waals surface area contributed by atoms with E-state index in [1.165, 1.54) is 23.3 Å². The lowest BCUT2D eigenvalue weighted by molar-refractivity contribution is -0.121. The van der Waals surface area contributed by atoms with Gasteiger partial charge in [-0.15, -0.1) is 11.3 Å². The molecular formula is C25H27ClN4O4S. The molecule has 10 heteroatoms. The molecule has 35 heavy (non-hydrogen) atoms. The van der Waals surface area contributed by atoms with Crippen LogP contribution in [0.25, 0.3) is 0 Å². The number of amides is 3. The minimum absolute atomic E-state index is 0.0918. The number of ether oxygens (including phenoxy) is 1. The number of halogens is 1. The van der Waals surface area contributed by atoms with E-state index in [0.29, 0.717) is 21.4 Å². The molecule has 184 valence electrons. The topological polar surface area (TPSA) is 101 Å². The highest BCUT2D eigenvalue weighted by atomic mass is 35.5. The van der Waals surface area contributed by atoms with Gasteiger partial charge in [0.05, 0.1) is 35.3 Å². The number of thiazole rings is 1. The van der Waals surface area contributed by atoms with E-state index in [0.717, 1.165) is 5.56 Å². The average molecular weight is 515 g/mol. The predicted octanol–water partition coefficient (Wildman–Crippen LogP) is 3.94. The largest absolute Gasteiger partial charge is 0.383 e. The van der Waals surface area contributed by atoms with Crippen molar-refractivity contribution in [1.82, 2.24) is 15.2 Å². The number of nitrogens with one attached hydrogen (secondary N) is 2. The molecule has 3 rings (SSSR count). The molecule has 0 aliphatic carbocycles. The summed E-state index contributed by atoms with van der Waals surface area (Å²) in [5.41, 5.74) is 1.87. The fourth-order valence-electron chi connectivity index (χ4n) is 3.32. The van der Waals surface area contributed by atoms with Crippen molar-refractivity contribution in [1.29, 1.82) is 0 Å². The third-order valence-electron chi connectivity index (χ3n) is 5.11. The maximum Gasteiger partial charge on any atom is 0.255 e. The van der Waals surface area contributed by atoms with Gasteiger partial charge >= 0.3 is 0 Å². The van der Waals surface area contributed by atoms with Crippen LogP contribution >= 0.6 is 22.9 Å². The van der Waals surface area contributed by atoms with Crippen LogP contribution in [-0.2, 0) is 20.7 Å². The monoisotopic (exact) mass is 514 g/mol. The molecule has 0 radical (unpaired) electrons. The first-order valence-corrected chi connectivity index (χ1v) is 12.2. The van der Waals surface area contributed by atoms with E-state index in [1.807, 2.05) is 37.3 Å². The standard InChI is InChI=1S/C25H27ClN4O4S/c1-17(18-8-4-3-5-9-18)27-22(31)14-19-16-35-25(28-19)29-23(32)15-30(12-13-34-2)24(33)20-10-6-7-11-21(20)26/h3-11,16-17H,12-15H2,1-2H3,(H,27,31)(H,28,29,32). The number of hydrogen-bond acceptors (Lipinski definition) is 6. The predicted molar refractivity (Wildman–Crippen MR) is 137 cm³/mol. The molecule has 3 aromatic rings. The number of nitrogens with zero attached hydrogens (tertiary/aromatic N) is 2. The second-order valence-corrected chi connectivity index (χ2v) is 9.03. The highest BCUT2D eigenvalue weighted by Gasteiger charge is 2.21. The summed E-state index contributed by atoms with van der Waals surface area (Å²) in [7, 11) is 1.52. The van der Waals surface area contributed by atoms with E-state index in [1.54, 1.807) is 29.6 Å². The summed E-state index contributed by atoms with van der Waals surface area (Å²) in [6, 6.07) is 16.2. The fraction of sp³-hybridized carbons (Fsp3) is 0.280. The second-order valence-electron chi connectivity index (χ2n) is 7.77. The Morgan fingerprint density at radius 1 is 1.09 bits per heavy atom. The minimum Gasteiger partial charge on any atom is -0.383 e. The number of hydrogen-bond donors (Lipinski definition) is 2. The number of benzene rings is 2. The van der Waals surface area contributed by atoms with Gasteiger partial charge in [-0.05, 0) is 24.6 Å². The first-order valence-electron chi connectivity index (χ1n) is 11.0. The van der Waals surface area contributed by atoms with Crippen LogP contribution in [-0.4, -0.2) is 54.4 Å². The molecule has 2 aromatic carbocycles. The quantitative estimate of drug-likeness (QED) is 0.403. The zero-order valence-electron chi connectivity index (χ0n) is 19.5. The van der Waals surface area contributed by atoms with Gasteiger partial charge in [0.1, 0.15) is 6.54 Å². The molecule has 1 heterocycles. The van der Waals surface area contributed by atoms with Crippen molar-refractivity contribution in [3.8, 4) is 0 Å². The molecule has 0 bridgehead atoms. The lowest BCUT2D eigenvalue weighted by Gasteiger charge is -2.22. The van der Waals surface area contributed by atoms with Crippen LogP contribution in [0, 0.1) is 0 Å². The van der Waals surface area contributed by atoms with Gasteiger partial charge in [0.25, 0.3) is 5.91 Å². The minimum atomic E-state index is -0.412. The van der Waals surface area contributed by atoms with Gasteiger partial charge < -0.3 is 20.3 Å². The van der Waals surface area contributed by atoms with Crippen LogP contribution in [0.15, 0.2) is 60.0 Å². The Bertz CT molecular complexity index is 1160. The molecule has 3 amide bonds. The van der Waals surface area contributed by atoms with Crippen LogP contribution in [0.2, 0.25) is 5.02 Å². The van der Waals surface area contributed by atoms with E-state index in [9.17, 15) is 14.4 Å². The third-order valence-corrected chi connectivity index (χ3v) is 6.24. The lowest BCUT2D eigenvalue weighted by atomic mass is 10.1. The Kier molecular flexibility index (Phi) is 9.77. The Labute approximate surface area is 213 Å². The molecule has 0 fully saturated rings.